The van der Waals surface area contributed by atoms with Crippen LogP contribution in [0.15, 0.2) is 24.8 Å². The second-order valence-electron chi connectivity index (χ2n) is 5.49. The van der Waals surface area contributed by atoms with E-state index < -0.39 is 5.60 Å². The van der Waals surface area contributed by atoms with Crippen molar-refractivity contribution >= 4 is 0 Å². The molecule has 1 aliphatic rings. The molecule has 7 nitrogen and oxygen atoms in total. The molecule has 0 aliphatic carbocycles. The van der Waals surface area contributed by atoms with Gasteiger partial charge in [0.1, 0.15) is 0 Å². The van der Waals surface area contributed by atoms with Crippen molar-refractivity contribution in [3.05, 3.63) is 30.4 Å². The highest BCUT2D eigenvalue weighted by Crippen LogP contribution is 2.24. The molecule has 2 aromatic rings. The number of hydrogen-bond donors (Lipinski definition) is 1. The Hall–Kier alpha value is -1.73. The van der Waals surface area contributed by atoms with Gasteiger partial charge in [0, 0.05) is 44.1 Å². The van der Waals surface area contributed by atoms with Gasteiger partial charge in [-0.05, 0) is 13.3 Å². The maximum Gasteiger partial charge on any atom is 0.0981 e. The number of aryl methyl sites for hydroxylation is 1. The summed E-state index contributed by atoms with van der Waals surface area (Å²) in [5, 5.41) is 22.6. The van der Waals surface area contributed by atoms with E-state index in [0.29, 0.717) is 13.1 Å². The van der Waals surface area contributed by atoms with E-state index in [-0.39, 0.29) is 0 Å². The van der Waals surface area contributed by atoms with Crippen LogP contribution in [0, 0.1) is 0 Å². The van der Waals surface area contributed by atoms with E-state index >= 15 is 0 Å². The minimum Gasteiger partial charge on any atom is -0.387 e. The number of likely N-dealkylation sites (tertiary alicyclic amines) is 1. The summed E-state index contributed by atoms with van der Waals surface area (Å²) in [6.07, 6.45) is 8.14. The molecule has 1 atom stereocenters. The van der Waals surface area contributed by atoms with Crippen molar-refractivity contribution in [1.29, 1.82) is 0 Å². The van der Waals surface area contributed by atoms with E-state index in [2.05, 4.69) is 33.4 Å². The minimum atomic E-state index is -0.714. The zero-order chi connectivity index (χ0) is 14.0. The quantitative estimate of drug-likeness (QED) is 0.840. The maximum absolute atomic E-state index is 10.6. The molecule has 1 aliphatic heterocycles. The van der Waals surface area contributed by atoms with Crippen LogP contribution in [0.5, 0.6) is 0 Å². The summed E-state index contributed by atoms with van der Waals surface area (Å²) in [5.74, 6) is 0. The first-order chi connectivity index (χ1) is 9.67. The molecule has 0 radical (unpaired) electrons. The molecule has 0 saturated carbocycles. The fourth-order valence-corrected chi connectivity index (χ4v) is 2.74. The molecule has 0 spiro atoms. The van der Waals surface area contributed by atoms with Gasteiger partial charge in [-0.3, -0.25) is 9.58 Å². The van der Waals surface area contributed by atoms with Crippen LogP contribution in [0.25, 0.3) is 0 Å². The number of hydrogen-bond acceptors (Lipinski definition) is 5. The van der Waals surface area contributed by atoms with Crippen LogP contribution < -0.4 is 0 Å². The van der Waals surface area contributed by atoms with E-state index in [1.54, 1.807) is 17.1 Å². The Morgan fingerprint density at radius 1 is 1.40 bits per heavy atom. The van der Waals surface area contributed by atoms with Crippen molar-refractivity contribution in [3.8, 4) is 0 Å². The van der Waals surface area contributed by atoms with Gasteiger partial charge >= 0.3 is 0 Å². The van der Waals surface area contributed by atoms with Gasteiger partial charge in [0.05, 0.1) is 24.5 Å². The summed E-state index contributed by atoms with van der Waals surface area (Å²) >= 11 is 0. The Balaban J connectivity index is 1.58. The predicted octanol–water partition coefficient (Wildman–Crippen LogP) is 0.131. The lowest BCUT2D eigenvalue weighted by molar-refractivity contribution is 0.0274. The second kappa shape index (κ2) is 5.34. The zero-order valence-corrected chi connectivity index (χ0v) is 11.7. The Kier molecular flexibility index (Phi) is 3.54. The van der Waals surface area contributed by atoms with Gasteiger partial charge in [-0.15, -0.1) is 5.10 Å². The summed E-state index contributed by atoms with van der Waals surface area (Å²) in [6.45, 7) is 5.84. The highest BCUT2D eigenvalue weighted by atomic mass is 16.3. The Morgan fingerprint density at radius 2 is 2.30 bits per heavy atom. The second-order valence-corrected chi connectivity index (χ2v) is 5.49. The van der Waals surface area contributed by atoms with Gasteiger partial charge in [-0.2, -0.15) is 5.10 Å². The Morgan fingerprint density at radius 3 is 3.00 bits per heavy atom. The largest absolute Gasteiger partial charge is 0.387 e. The third-order valence-corrected chi connectivity index (χ3v) is 3.76. The molecule has 3 rings (SSSR count). The summed E-state index contributed by atoms with van der Waals surface area (Å²) in [5.41, 5.74) is 0.478. The van der Waals surface area contributed by atoms with E-state index in [0.717, 1.165) is 26.1 Å². The summed E-state index contributed by atoms with van der Waals surface area (Å²) in [6, 6.07) is 0. The average molecular weight is 276 g/mol. The SMILES string of the molecule is CCn1cc(CN2CCC(O)(Cn3ccnn3)C2)cn1. The summed E-state index contributed by atoms with van der Waals surface area (Å²) in [4.78, 5) is 2.26. The number of β-amino-alcohol motifs (C(OH)–C–C–N with tert-alkyl or cyclic N) is 1. The maximum atomic E-state index is 10.6. The number of nitrogens with zero attached hydrogens (tertiary/aromatic N) is 6. The molecule has 7 heteroatoms. The monoisotopic (exact) mass is 276 g/mol. The van der Waals surface area contributed by atoms with Gasteiger partial charge in [-0.1, -0.05) is 5.21 Å². The molecular weight excluding hydrogens is 256 g/mol. The zero-order valence-electron chi connectivity index (χ0n) is 11.7. The fourth-order valence-electron chi connectivity index (χ4n) is 2.74. The van der Waals surface area contributed by atoms with Crippen molar-refractivity contribution in [2.75, 3.05) is 13.1 Å². The molecule has 0 aromatic carbocycles. The van der Waals surface area contributed by atoms with Crippen molar-refractivity contribution < 1.29 is 5.11 Å². The third kappa shape index (κ3) is 2.88. The van der Waals surface area contributed by atoms with Gasteiger partial charge < -0.3 is 5.11 Å². The van der Waals surface area contributed by atoms with Gasteiger partial charge in [0.25, 0.3) is 0 Å². The predicted molar refractivity (Wildman–Crippen MR) is 72.8 cm³/mol. The highest BCUT2D eigenvalue weighted by molar-refractivity contribution is 5.05. The fraction of sp³-hybridized carbons (Fsp3) is 0.615. The summed E-state index contributed by atoms with van der Waals surface area (Å²) in [7, 11) is 0. The molecule has 3 heterocycles. The van der Waals surface area contributed by atoms with E-state index in [1.807, 2.05) is 10.9 Å². The molecule has 108 valence electrons. The van der Waals surface area contributed by atoms with E-state index in [1.165, 1.54) is 5.56 Å². The highest BCUT2D eigenvalue weighted by Gasteiger charge is 2.36. The van der Waals surface area contributed by atoms with Gasteiger partial charge in [-0.25, -0.2) is 4.68 Å². The molecule has 1 unspecified atom stereocenters. The minimum absolute atomic E-state index is 0.498. The Bertz CT molecular complexity index is 551. The summed E-state index contributed by atoms with van der Waals surface area (Å²) < 4.78 is 3.62. The lowest BCUT2D eigenvalue weighted by Crippen LogP contribution is -2.37. The van der Waals surface area contributed by atoms with Crippen LogP contribution in [-0.2, 0) is 19.6 Å². The number of rotatable bonds is 5. The van der Waals surface area contributed by atoms with Crippen LogP contribution in [0.1, 0.15) is 18.9 Å². The normalized spacial score (nSPS) is 23.5. The molecular formula is C13H20N6O. The van der Waals surface area contributed by atoms with Gasteiger partial charge in [0.2, 0.25) is 0 Å². The third-order valence-electron chi connectivity index (χ3n) is 3.76. The van der Waals surface area contributed by atoms with Crippen molar-refractivity contribution in [1.82, 2.24) is 29.7 Å². The van der Waals surface area contributed by atoms with Crippen LogP contribution in [0.3, 0.4) is 0 Å². The molecule has 0 amide bonds. The average Bonchev–Trinajstić information content (AvgIpc) is 3.13. The van der Waals surface area contributed by atoms with Gasteiger partial charge in [0.15, 0.2) is 0 Å². The van der Waals surface area contributed by atoms with Crippen molar-refractivity contribution in [2.24, 2.45) is 0 Å². The molecule has 20 heavy (non-hydrogen) atoms. The van der Waals surface area contributed by atoms with Crippen molar-refractivity contribution in [2.45, 2.75) is 38.6 Å². The molecule has 0 bridgehead atoms. The van der Waals surface area contributed by atoms with E-state index in [9.17, 15) is 5.11 Å². The first-order valence-corrected chi connectivity index (χ1v) is 6.97. The first-order valence-electron chi connectivity index (χ1n) is 6.97. The van der Waals surface area contributed by atoms with Crippen LogP contribution in [0.4, 0.5) is 0 Å². The lowest BCUT2D eigenvalue weighted by Gasteiger charge is -2.22. The standard InChI is InChI=1S/C13H20N6O/c1-2-18-9-12(7-15-18)8-17-5-3-13(20,10-17)11-19-6-4-14-16-19/h4,6-7,9,20H,2-3,5,8,10-11H2,1H3. The van der Waals surface area contributed by atoms with Crippen LogP contribution in [0.2, 0.25) is 0 Å². The molecule has 1 fully saturated rings. The molecule has 2 aromatic heterocycles. The number of aliphatic hydroxyl groups is 1. The topological polar surface area (TPSA) is 72.0 Å². The first kappa shape index (κ1) is 13.3. The molecule has 1 N–H and O–H groups in total. The lowest BCUT2D eigenvalue weighted by atomic mass is 10.0. The molecule has 1 saturated heterocycles. The van der Waals surface area contributed by atoms with Crippen LogP contribution in [-0.4, -0.2) is 53.5 Å². The van der Waals surface area contributed by atoms with E-state index in [4.69, 9.17) is 0 Å². The number of aromatic nitrogens is 5. The smallest absolute Gasteiger partial charge is 0.0981 e. The Labute approximate surface area is 117 Å². The van der Waals surface area contributed by atoms with Crippen LogP contribution >= 0.6 is 0 Å². The van der Waals surface area contributed by atoms with Crippen molar-refractivity contribution in [3.63, 3.8) is 0 Å².